The molecule has 0 unspecified atom stereocenters. The van der Waals surface area contributed by atoms with E-state index in [-0.39, 0.29) is 5.91 Å². The molecule has 0 saturated carbocycles. The zero-order chi connectivity index (χ0) is 24.4. The second-order valence-corrected chi connectivity index (χ2v) is 8.64. The number of carbonyl (C=O) groups is 1. The fourth-order valence-electron chi connectivity index (χ4n) is 3.71. The van der Waals surface area contributed by atoms with E-state index in [1.807, 2.05) is 54.6 Å². The van der Waals surface area contributed by atoms with Gasteiger partial charge in [0.15, 0.2) is 5.65 Å². The van der Waals surface area contributed by atoms with Crippen LogP contribution in [0.5, 0.6) is 0 Å². The number of aromatic nitrogens is 3. The summed E-state index contributed by atoms with van der Waals surface area (Å²) in [6.07, 6.45) is 1.56. The number of hydrogen-bond acceptors (Lipinski definition) is 4. The summed E-state index contributed by atoms with van der Waals surface area (Å²) in [7, 11) is 6.11. The van der Waals surface area contributed by atoms with Gasteiger partial charge in [-0.25, -0.2) is 4.98 Å². The molecule has 35 heavy (non-hydrogen) atoms. The predicted octanol–water partition coefficient (Wildman–Crippen LogP) is 5.36. The highest BCUT2D eigenvalue weighted by Crippen LogP contribution is 2.28. The molecule has 6 nitrogen and oxygen atoms in total. The van der Waals surface area contributed by atoms with Crippen molar-refractivity contribution in [2.75, 3.05) is 10.6 Å². The maximum absolute atomic E-state index is 12.6. The van der Waals surface area contributed by atoms with E-state index in [9.17, 15) is 4.79 Å². The van der Waals surface area contributed by atoms with Crippen LogP contribution in [0.4, 0.5) is 11.5 Å². The van der Waals surface area contributed by atoms with Crippen LogP contribution in [-0.2, 0) is 6.54 Å². The molecule has 9 heteroatoms. The number of anilines is 2. The first-order chi connectivity index (χ1) is 17.0. The Morgan fingerprint density at radius 1 is 0.943 bits per heavy atom. The van der Waals surface area contributed by atoms with Gasteiger partial charge in [-0.2, -0.15) is 9.61 Å². The molecule has 0 atom stereocenters. The Morgan fingerprint density at radius 2 is 1.71 bits per heavy atom. The van der Waals surface area contributed by atoms with Crippen molar-refractivity contribution in [2.45, 2.75) is 6.54 Å². The largest absolute Gasteiger partial charge is 0.366 e. The number of hydrogen-bond donors (Lipinski definition) is 2. The summed E-state index contributed by atoms with van der Waals surface area (Å²) in [6.45, 7) is 0.469. The Bertz CT molecular complexity index is 1550. The molecule has 2 N–H and O–H groups in total. The normalized spacial score (nSPS) is 10.9. The number of fused-ring (bicyclic) bond motifs is 1. The first-order valence-corrected chi connectivity index (χ1v) is 11.5. The van der Waals surface area contributed by atoms with Gasteiger partial charge < -0.3 is 10.6 Å². The molecule has 2 radical (unpaired) electrons. The minimum absolute atomic E-state index is 0.270. The molecule has 2 heterocycles. The second kappa shape index (κ2) is 9.82. The third-order valence-electron chi connectivity index (χ3n) is 5.43. The van der Waals surface area contributed by atoms with E-state index in [0.29, 0.717) is 50.5 Å². The van der Waals surface area contributed by atoms with E-state index in [0.717, 1.165) is 11.1 Å². The third kappa shape index (κ3) is 4.87. The molecule has 0 bridgehead atoms. The molecule has 170 valence electrons. The Labute approximate surface area is 213 Å². The number of rotatable bonds is 6. The minimum atomic E-state index is -0.270. The van der Waals surface area contributed by atoms with Gasteiger partial charge in [-0.15, -0.1) is 0 Å². The molecular formula is C26H18BCl2N5O. The Morgan fingerprint density at radius 3 is 2.51 bits per heavy atom. The van der Waals surface area contributed by atoms with Crippen LogP contribution in [0.1, 0.15) is 15.9 Å². The average Bonchev–Trinajstić information content (AvgIpc) is 3.24. The van der Waals surface area contributed by atoms with E-state index in [4.69, 9.17) is 31.0 Å². The molecule has 0 aliphatic rings. The number of nitrogens with zero attached hydrogens (tertiary/aromatic N) is 3. The van der Waals surface area contributed by atoms with Gasteiger partial charge in [0, 0.05) is 35.1 Å². The van der Waals surface area contributed by atoms with Gasteiger partial charge in [-0.05, 0) is 41.4 Å². The number of benzene rings is 3. The van der Waals surface area contributed by atoms with Crippen molar-refractivity contribution >= 4 is 59.6 Å². The Kier molecular flexibility index (Phi) is 6.44. The number of carbonyl (C=O) groups excluding carboxylic acids is 1. The Hall–Kier alpha value is -3.81. The number of halogens is 2. The lowest BCUT2D eigenvalue weighted by Gasteiger charge is -2.13. The van der Waals surface area contributed by atoms with Crippen molar-refractivity contribution in [3.05, 3.63) is 106 Å². The quantitative estimate of drug-likeness (QED) is 0.310. The van der Waals surface area contributed by atoms with Gasteiger partial charge in [0.2, 0.25) is 0 Å². The van der Waals surface area contributed by atoms with E-state index in [1.165, 1.54) is 0 Å². The van der Waals surface area contributed by atoms with Crippen molar-refractivity contribution in [1.82, 2.24) is 14.6 Å². The molecule has 1 amide bonds. The molecule has 0 aliphatic carbocycles. The lowest BCUT2D eigenvalue weighted by Crippen LogP contribution is -2.13. The highest BCUT2D eigenvalue weighted by molar-refractivity contribution is 6.36. The molecule has 0 aliphatic heterocycles. The van der Waals surface area contributed by atoms with Gasteiger partial charge in [-0.3, -0.25) is 4.79 Å². The molecule has 0 fully saturated rings. The maximum Gasteiger partial charge on any atom is 0.257 e. The fraction of sp³-hybridized carbons (Fsp3) is 0.0385. The first kappa shape index (κ1) is 23.0. The van der Waals surface area contributed by atoms with E-state index in [2.05, 4.69) is 20.7 Å². The first-order valence-electron chi connectivity index (χ1n) is 10.8. The van der Waals surface area contributed by atoms with Crippen LogP contribution in [0.2, 0.25) is 10.0 Å². The summed E-state index contributed by atoms with van der Waals surface area (Å²) in [6, 6.07) is 23.9. The standard InChI is InChI=1S/C26H18BCl2N5O/c27-20-15-31-34-24(13-23(33-25(20)34)18-8-1-3-10-21(18)28)30-14-16-6-5-7-17(12-16)32-26(35)19-9-2-4-11-22(19)29/h1-13,15,30H,14H2,(H,32,35). The SMILES string of the molecule is [B]c1cnn2c(NCc3cccc(NC(=O)c4ccccc4Cl)c3)cc(-c3ccccc3Cl)nc12. The number of amides is 1. The molecule has 5 aromatic rings. The molecule has 0 saturated heterocycles. The summed E-state index contributed by atoms with van der Waals surface area (Å²) in [5, 5.41) is 11.6. The van der Waals surface area contributed by atoms with Crippen LogP contribution >= 0.6 is 23.2 Å². The van der Waals surface area contributed by atoms with Crippen LogP contribution in [0.3, 0.4) is 0 Å². The summed E-state index contributed by atoms with van der Waals surface area (Å²) in [5.74, 6) is 0.431. The summed E-state index contributed by atoms with van der Waals surface area (Å²) >= 11 is 12.6. The molecule has 2 aromatic heterocycles. The topological polar surface area (TPSA) is 71.3 Å². The van der Waals surface area contributed by atoms with Crippen LogP contribution < -0.4 is 16.1 Å². The monoisotopic (exact) mass is 497 g/mol. The van der Waals surface area contributed by atoms with Gasteiger partial charge in [0.1, 0.15) is 13.7 Å². The average molecular weight is 498 g/mol. The lowest BCUT2D eigenvalue weighted by molar-refractivity contribution is 0.102. The van der Waals surface area contributed by atoms with Crippen LogP contribution in [0.15, 0.2) is 85.1 Å². The van der Waals surface area contributed by atoms with Crippen molar-refractivity contribution in [1.29, 1.82) is 0 Å². The van der Waals surface area contributed by atoms with Crippen LogP contribution in [0, 0.1) is 0 Å². The van der Waals surface area contributed by atoms with E-state index < -0.39 is 0 Å². The predicted molar refractivity (Wildman–Crippen MR) is 142 cm³/mol. The van der Waals surface area contributed by atoms with Gasteiger partial charge in [-0.1, -0.05) is 65.7 Å². The van der Waals surface area contributed by atoms with Crippen LogP contribution in [-0.4, -0.2) is 28.4 Å². The molecule has 0 spiro atoms. The highest BCUT2D eigenvalue weighted by Gasteiger charge is 2.13. The summed E-state index contributed by atoms with van der Waals surface area (Å²) in [5.41, 5.74) is 4.50. The molecular weight excluding hydrogens is 480 g/mol. The second-order valence-electron chi connectivity index (χ2n) is 7.83. The fourth-order valence-corrected chi connectivity index (χ4v) is 4.16. The van der Waals surface area contributed by atoms with E-state index >= 15 is 0 Å². The van der Waals surface area contributed by atoms with Crippen molar-refractivity contribution in [2.24, 2.45) is 0 Å². The highest BCUT2D eigenvalue weighted by atomic mass is 35.5. The van der Waals surface area contributed by atoms with Gasteiger partial charge in [0.25, 0.3) is 5.91 Å². The number of nitrogens with one attached hydrogen (secondary N) is 2. The van der Waals surface area contributed by atoms with Crippen LogP contribution in [0.25, 0.3) is 16.9 Å². The zero-order valence-electron chi connectivity index (χ0n) is 18.4. The third-order valence-corrected chi connectivity index (χ3v) is 6.09. The molecule has 3 aromatic carbocycles. The summed E-state index contributed by atoms with van der Waals surface area (Å²) in [4.78, 5) is 17.3. The van der Waals surface area contributed by atoms with Crippen molar-refractivity contribution in [3.8, 4) is 11.3 Å². The van der Waals surface area contributed by atoms with Crippen molar-refractivity contribution in [3.63, 3.8) is 0 Å². The molecule has 5 rings (SSSR count). The zero-order valence-corrected chi connectivity index (χ0v) is 19.9. The minimum Gasteiger partial charge on any atom is -0.366 e. The summed E-state index contributed by atoms with van der Waals surface area (Å²) < 4.78 is 1.65. The van der Waals surface area contributed by atoms with E-state index in [1.54, 1.807) is 35.0 Å². The maximum atomic E-state index is 12.6. The van der Waals surface area contributed by atoms with Crippen molar-refractivity contribution < 1.29 is 4.79 Å². The Balaban J connectivity index is 1.39. The lowest BCUT2D eigenvalue weighted by atomic mass is 10.0. The van der Waals surface area contributed by atoms with Gasteiger partial charge in [0.05, 0.1) is 16.3 Å². The van der Waals surface area contributed by atoms with Gasteiger partial charge >= 0.3 is 0 Å². The smallest absolute Gasteiger partial charge is 0.257 e.